The summed E-state index contributed by atoms with van der Waals surface area (Å²) in [6, 6.07) is 2.45. The van der Waals surface area contributed by atoms with E-state index in [0.717, 1.165) is 0 Å². The largest absolute Gasteiger partial charge is 0.377 e. The minimum Gasteiger partial charge on any atom is -0.377 e. The molecule has 1 saturated heterocycles. The maximum atomic E-state index is 14.2. The van der Waals surface area contributed by atoms with Gasteiger partial charge in [-0.05, 0) is 61.7 Å². The zero-order chi connectivity index (χ0) is 29.3. The summed E-state index contributed by atoms with van der Waals surface area (Å²) in [5.41, 5.74) is 0.215. The van der Waals surface area contributed by atoms with E-state index in [-0.39, 0.29) is 69.1 Å². The molecule has 5 aliphatic rings. The van der Waals surface area contributed by atoms with Crippen LogP contribution in [-0.2, 0) is 16.0 Å². The van der Waals surface area contributed by atoms with Gasteiger partial charge >= 0.3 is 0 Å². The van der Waals surface area contributed by atoms with E-state index in [1.807, 2.05) is 6.92 Å². The van der Waals surface area contributed by atoms with Gasteiger partial charge in [-0.3, -0.25) is 9.59 Å². The number of H-pyrrole nitrogens is 1. The third-order valence-corrected chi connectivity index (χ3v) is 9.46. The zero-order valence-corrected chi connectivity index (χ0v) is 23.2. The number of hydrogen-bond acceptors (Lipinski definition) is 8. The van der Waals surface area contributed by atoms with Crippen LogP contribution in [0.2, 0.25) is 0 Å². The number of aromatic amines is 1. The van der Waals surface area contributed by atoms with Crippen molar-refractivity contribution in [1.29, 1.82) is 0 Å². The lowest BCUT2D eigenvalue weighted by atomic mass is 9.42. The van der Waals surface area contributed by atoms with Gasteiger partial charge in [0, 0.05) is 19.4 Å². The summed E-state index contributed by atoms with van der Waals surface area (Å²) in [7, 11) is 0. The van der Waals surface area contributed by atoms with Crippen molar-refractivity contribution in [3.8, 4) is 0 Å². The fourth-order valence-electron chi connectivity index (χ4n) is 7.17. The Bertz CT molecular complexity index is 1510. The molecular formula is C28H32F3N7O4. The molecule has 0 radical (unpaired) electrons. The van der Waals surface area contributed by atoms with Crippen molar-refractivity contribution in [3.63, 3.8) is 0 Å². The van der Waals surface area contributed by atoms with Crippen LogP contribution in [0.4, 0.5) is 13.2 Å². The van der Waals surface area contributed by atoms with E-state index in [4.69, 9.17) is 19.3 Å². The highest BCUT2D eigenvalue weighted by atomic mass is 19.3. The number of morpholine rings is 1. The normalized spacial score (nSPS) is 29.5. The molecule has 42 heavy (non-hydrogen) atoms. The van der Waals surface area contributed by atoms with Gasteiger partial charge in [0.2, 0.25) is 11.8 Å². The minimum absolute atomic E-state index is 0.0459. The lowest BCUT2D eigenvalue weighted by Gasteiger charge is -2.65. The van der Waals surface area contributed by atoms with E-state index in [2.05, 4.69) is 20.6 Å². The molecule has 2 bridgehead atoms. The van der Waals surface area contributed by atoms with Crippen LogP contribution in [-0.4, -0.2) is 73.3 Å². The maximum Gasteiger partial charge on any atom is 0.276 e. The number of halogens is 3. The summed E-state index contributed by atoms with van der Waals surface area (Å²) in [5.74, 6) is -3.23. The molecule has 1 aliphatic heterocycles. The topological polar surface area (TPSA) is 139 Å². The highest BCUT2D eigenvalue weighted by Gasteiger charge is 2.73. The molecule has 2 atom stereocenters. The highest BCUT2D eigenvalue weighted by Crippen LogP contribution is 2.70. The Labute approximate surface area is 238 Å². The number of imidazole rings is 1. The van der Waals surface area contributed by atoms with Crippen LogP contribution in [0.1, 0.15) is 91.7 Å². The van der Waals surface area contributed by atoms with Crippen LogP contribution in [0.3, 0.4) is 0 Å². The van der Waals surface area contributed by atoms with E-state index in [1.165, 1.54) is 0 Å². The second-order valence-corrected chi connectivity index (χ2v) is 12.3. The van der Waals surface area contributed by atoms with Crippen molar-refractivity contribution in [2.24, 2.45) is 11.3 Å². The van der Waals surface area contributed by atoms with E-state index in [0.29, 0.717) is 47.9 Å². The molecule has 11 nitrogen and oxygen atoms in total. The second-order valence-electron chi connectivity index (χ2n) is 12.3. The zero-order valence-electron chi connectivity index (χ0n) is 23.2. The summed E-state index contributed by atoms with van der Waals surface area (Å²) in [6.07, 6.45) is 1.11. The third kappa shape index (κ3) is 4.54. The number of fused-ring (bicyclic) bond motifs is 1. The van der Waals surface area contributed by atoms with Crippen molar-refractivity contribution >= 4 is 23.0 Å². The second kappa shape index (κ2) is 9.75. The molecule has 14 heteroatoms. The first kappa shape index (κ1) is 27.3. The first-order chi connectivity index (χ1) is 20.1. The Morgan fingerprint density at radius 3 is 2.62 bits per heavy atom. The summed E-state index contributed by atoms with van der Waals surface area (Å²) in [5, 5.41) is 10.4. The van der Waals surface area contributed by atoms with Gasteiger partial charge in [-0.1, -0.05) is 12.1 Å². The fourth-order valence-corrected chi connectivity index (χ4v) is 7.17. The van der Waals surface area contributed by atoms with Gasteiger partial charge in [-0.15, -0.1) is 0 Å². The number of alkyl halides is 3. The number of pyridine rings is 1. The van der Waals surface area contributed by atoms with Gasteiger partial charge in [0.05, 0.1) is 41.9 Å². The summed E-state index contributed by atoms with van der Waals surface area (Å²) >= 11 is 0. The number of nitrogens with zero attached hydrogens (tertiary/aromatic N) is 5. The molecule has 224 valence electrons. The number of hydrogen-bond donors (Lipinski definition) is 2. The quantitative estimate of drug-likeness (QED) is 0.423. The number of nitrogens with one attached hydrogen (secondary N) is 2. The van der Waals surface area contributed by atoms with Crippen LogP contribution in [0.5, 0.6) is 0 Å². The van der Waals surface area contributed by atoms with Crippen LogP contribution in [0, 0.1) is 11.3 Å². The van der Waals surface area contributed by atoms with E-state index in [9.17, 15) is 22.8 Å². The van der Waals surface area contributed by atoms with E-state index in [1.54, 1.807) is 17.0 Å². The van der Waals surface area contributed by atoms with Gasteiger partial charge in [0.1, 0.15) is 17.2 Å². The standard InChI is InChI=1S/C28H32F3N7O4/c1-2-16-21(37-42-36-16)24(39)34-20(15-5-7-28(30,31)8-6-15)23-33-18-4-3-17(32-22(18)35-23)19-11-41-10-9-38(19)25(40)26-12-27(29,13-26)14-26/h3-4,15,19-20H,2,5-14H2,1H3,(H,34,39)(H,32,33,35)/t19-,20+,26?,27?/m1/s1. The van der Waals surface area contributed by atoms with Gasteiger partial charge in [0.25, 0.3) is 5.91 Å². The highest BCUT2D eigenvalue weighted by molar-refractivity contribution is 5.93. The van der Waals surface area contributed by atoms with Crippen LogP contribution < -0.4 is 5.32 Å². The number of carbonyl (C=O) groups is 2. The van der Waals surface area contributed by atoms with E-state index >= 15 is 0 Å². The Hall–Kier alpha value is -3.55. The third-order valence-electron chi connectivity index (χ3n) is 9.46. The lowest BCUT2D eigenvalue weighted by molar-refractivity contribution is -0.226. The summed E-state index contributed by atoms with van der Waals surface area (Å²) < 4.78 is 52.7. The van der Waals surface area contributed by atoms with Crippen LogP contribution in [0.25, 0.3) is 11.2 Å². The average Bonchev–Trinajstić information content (AvgIpc) is 3.60. The predicted octanol–water partition coefficient (Wildman–Crippen LogP) is 3.99. The number of carbonyl (C=O) groups excluding carboxylic acids is 2. The van der Waals surface area contributed by atoms with Gasteiger partial charge in [0.15, 0.2) is 11.3 Å². The Kier molecular flexibility index (Phi) is 6.33. The molecule has 4 heterocycles. The molecule has 0 unspecified atom stereocenters. The number of rotatable bonds is 7. The van der Waals surface area contributed by atoms with Gasteiger partial charge < -0.3 is 19.9 Å². The number of ether oxygens (including phenoxy) is 1. The van der Waals surface area contributed by atoms with Crippen molar-refractivity contribution in [3.05, 3.63) is 35.0 Å². The van der Waals surface area contributed by atoms with Crippen molar-refractivity contribution in [2.45, 2.75) is 82.0 Å². The molecule has 0 aromatic carbocycles. The first-order valence-corrected chi connectivity index (χ1v) is 14.5. The summed E-state index contributed by atoms with van der Waals surface area (Å²) in [6.45, 7) is 2.88. The molecule has 3 aromatic heterocycles. The maximum absolute atomic E-state index is 14.2. The number of aromatic nitrogens is 5. The SMILES string of the molecule is CCc1nonc1C(=O)N[C@H](c1nc2nc([C@H]3COCCN3C(=O)C34CC(F)(C3)C4)ccc2[nH]1)C1CCC(F)(F)CC1. The molecule has 3 aromatic rings. The average molecular weight is 588 g/mol. The molecule has 5 fully saturated rings. The van der Waals surface area contributed by atoms with Crippen LogP contribution >= 0.6 is 0 Å². The van der Waals surface area contributed by atoms with Gasteiger partial charge in [-0.25, -0.2) is 27.8 Å². The molecule has 2 N–H and O–H groups in total. The molecule has 8 rings (SSSR count). The Morgan fingerprint density at radius 2 is 1.90 bits per heavy atom. The summed E-state index contributed by atoms with van der Waals surface area (Å²) in [4.78, 5) is 41.1. The molecule has 4 aliphatic carbocycles. The monoisotopic (exact) mass is 587 g/mol. The van der Waals surface area contributed by atoms with Crippen molar-refractivity contribution in [2.75, 3.05) is 19.8 Å². The molecule has 0 spiro atoms. The van der Waals surface area contributed by atoms with Crippen molar-refractivity contribution < 1.29 is 32.1 Å². The molecule has 2 amide bonds. The molecular weight excluding hydrogens is 555 g/mol. The van der Waals surface area contributed by atoms with E-state index < -0.39 is 35.0 Å². The smallest absolute Gasteiger partial charge is 0.276 e. The Balaban J connectivity index is 1.17. The van der Waals surface area contributed by atoms with Gasteiger partial charge in [-0.2, -0.15) is 0 Å². The lowest BCUT2D eigenvalue weighted by Crippen LogP contribution is -2.71. The predicted molar refractivity (Wildman–Crippen MR) is 140 cm³/mol. The minimum atomic E-state index is -2.74. The van der Waals surface area contributed by atoms with Crippen molar-refractivity contribution in [1.82, 2.24) is 35.5 Å². The first-order valence-electron chi connectivity index (χ1n) is 14.5. The Morgan fingerprint density at radius 1 is 1.14 bits per heavy atom. The number of amides is 2. The van der Waals surface area contributed by atoms with Crippen LogP contribution in [0.15, 0.2) is 16.8 Å². The molecule has 4 saturated carbocycles. The fraction of sp³-hybridized carbons (Fsp3) is 0.643. The number of aryl methyl sites for hydroxylation is 1.